The van der Waals surface area contributed by atoms with Crippen LogP contribution in [0.3, 0.4) is 0 Å². The van der Waals surface area contributed by atoms with Gasteiger partial charge in [-0.2, -0.15) is 0 Å². The molecule has 3 heterocycles. The zero-order chi connectivity index (χ0) is 25.6. The van der Waals surface area contributed by atoms with Crippen molar-refractivity contribution >= 4 is 45.4 Å². The van der Waals surface area contributed by atoms with Crippen LogP contribution in [0.1, 0.15) is 21.5 Å². The van der Waals surface area contributed by atoms with Gasteiger partial charge in [0.15, 0.2) is 0 Å². The van der Waals surface area contributed by atoms with Gasteiger partial charge in [-0.1, -0.05) is 28.1 Å². The third-order valence-electron chi connectivity index (χ3n) is 6.98. The van der Waals surface area contributed by atoms with E-state index in [-0.39, 0.29) is 17.9 Å². The van der Waals surface area contributed by atoms with E-state index in [4.69, 9.17) is 4.74 Å². The smallest absolute Gasteiger partial charge is 0.329 e. The normalized spacial score (nSPS) is 20.2. The van der Waals surface area contributed by atoms with E-state index in [1.807, 2.05) is 30.3 Å². The van der Waals surface area contributed by atoms with E-state index in [0.29, 0.717) is 49.5 Å². The summed E-state index contributed by atoms with van der Waals surface area (Å²) < 4.78 is 9.78. The Balaban J connectivity index is 1.70. The minimum atomic E-state index is -0.267. The predicted molar refractivity (Wildman–Crippen MR) is 141 cm³/mol. The number of benzene rings is 2. The summed E-state index contributed by atoms with van der Waals surface area (Å²) in [7, 11) is 5.26. The number of amides is 2. The molecule has 36 heavy (non-hydrogen) atoms. The second kappa shape index (κ2) is 9.68. The molecule has 1 atom stereocenters. The maximum Gasteiger partial charge on any atom is 0.329 e. The van der Waals surface area contributed by atoms with Gasteiger partial charge in [0.2, 0.25) is 0 Å². The lowest BCUT2D eigenvalue weighted by molar-refractivity contribution is 0.00203. The van der Waals surface area contributed by atoms with Gasteiger partial charge >= 0.3 is 11.7 Å². The number of carbonyl (C=O) groups excluding carboxylic acids is 2. The molecule has 0 aliphatic carbocycles. The lowest BCUT2D eigenvalue weighted by Crippen LogP contribution is -2.49. The number of aldehydes is 1. The molecule has 0 radical (unpaired) electrons. The van der Waals surface area contributed by atoms with E-state index in [9.17, 15) is 14.4 Å². The van der Waals surface area contributed by atoms with Crippen molar-refractivity contribution in [2.75, 3.05) is 40.4 Å². The van der Waals surface area contributed by atoms with E-state index in [0.717, 1.165) is 27.5 Å². The number of fused-ring (bicyclic) bond motifs is 1. The van der Waals surface area contributed by atoms with Gasteiger partial charge in [0, 0.05) is 49.8 Å². The van der Waals surface area contributed by atoms with E-state index in [1.165, 1.54) is 0 Å². The first-order chi connectivity index (χ1) is 17.3. The molecule has 0 bridgehead atoms. The number of urea groups is 1. The Labute approximate surface area is 217 Å². The number of nitrogens with zero attached hydrogens (tertiary/aromatic N) is 5. The third kappa shape index (κ3) is 4.19. The van der Waals surface area contributed by atoms with Crippen molar-refractivity contribution in [2.24, 2.45) is 7.05 Å². The molecule has 9 nitrogen and oxygen atoms in total. The van der Waals surface area contributed by atoms with Crippen LogP contribution in [0.5, 0.6) is 0 Å². The monoisotopic (exact) mass is 553 g/mol. The summed E-state index contributed by atoms with van der Waals surface area (Å²) in [5.74, 6) is 0. The standard InChI is InChI=1S/C26H28BrN5O4/c1-28-21-13-18(16-33)12-19(23(21)32(26(28)35)15-17-4-6-20(27)7-5-17)14-22-24(30(3)25(34)29(22)2)31-8-10-36-11-9-31/h4-7,12-14,16,24H,8-11,15H2,1-3H3/b22-14+. The molecule has 2 amide bonds. The number of likely N-dealkylation sites (N-methyl/N-ethyl adjacent to an activating group) is 2. The quantitative estimate of drug-likeness (QED) is 0.454. The van der Waals surface area contributed by atoms with Crippen LogP contribution in [0, 0.1) is 0 Å². The van der Waals surface area contributed by atoms with Crippen molar-refractivity contribution in [1.82, 2.24) is 23.8 Å². The lowest BCUT2D eigenvalue weighted by atomic mass is 10.1. The lowest BCUT2D eigenvalue weighted by Gasteiger charge is -2.35. The molecule has 2 aliphatic heterocycles. The molecule has 1 aromatic heterocycles. The molecule has 2 fully saturated rings. The molecule has 10 heteroatoms. The molecule has 0 N–H and O–H groups in total. The van der Waals surface area contributed by atoms with Crippen molar-refractivity contribution in [2.45, 2.75) is 12.7 Å². The predicted octanol–water partition coefficient (Wildman–Crippen LogP) is 2.96. The van der Waals surface area contributed by atoms with Crippen LogP contribution in [0.2, 0.25) is 0 Å². The largest absolute Gasteiger partial charge is 0.379 e. The van der Waals surface area contributed by atoms with E-state index < -0.39 is 0 Å². The molecular weight excluding hydrogens is 526 g/mol. The maximum absolute atomic E-state index is 13.3. The number of imidazole rings is 1. The highest BCUT2D eigenvalue weighted by Gasteiger charge is 2.41. The molecule has 3 aromatic rings. The number of aromatic nitrogens is 2. The Bertz CT molecular complexity index is 1420. The Morgan fingerprint density at radius 2 is 1.75 bits per heavy atom. The number of hydrogen-bond acceptors (Lipinski definition) is 5. The molecule has 0 saturated carbocycles. The zero-order valence-corrected chi connectivity index (χ0v) is 22.1. The molecule has 2 saturated heterocycles. The van der Waals surface area contributed by atoms with E-state index >= 15 is 0 Å². The fourth-order valence-electron chi connectivity index (χ4n) is 5.10. The molecular formula is C26H28BrN5O4. The summed E-state index contributed by atoms with van der Waals surface area (Å²) in [5.41, 5.74) is 4.16. The van der Waals surface area contributed by atoms with Crippen LogP contribution in [0.25, 0.3) is 17.1 Å². The fourth-order valence-corrected chi connectivity index (χ4v) is 5.36. The Morgan fingerprint density at radius 1 is 1.06 bits per heavy atom. The number of aryl methyl sites for hydroxylation is 1. The molecule has 2 aromatic carbocycles. The van der Waals surface area contributed by atoms with Gasteiger partial charge in [-0.15, -0.1) is 0 Å². The van der Waals surface area contributed by atoms with Crippen molar-refractivity contribution in [3.8, 4) is 0 Å². The zero-order valence-electron chi connectivity index (χ0n) is 20.5. The van der Waals surface area contributed by atoms with E-state index in [2.05, 4.69) is 20.8 Å². The second-order valence-electron chi connectivity index (χ2n) is 9.19. The van der Waals surface area contributed by atoms with Crippen molar-refractivity contribution < 1.29 is 14.3 Å². The number of morpholine rings is 1. The van der Waals surface area contributed by atoms with Gasteiger partial charge in [0.05, 0.1) is 36.5 Å². The van der Waals surface area contributed by atoms with Crippen LogP contribution >= 0.6 is 15.9 Å². The summed E-state index contributed by atoms with van der Waals surface area (Å²) in [6.07, 6.45) is 2.46. The first-order valence-electron chi connectivity index (χ1n) is 11.8. The second-order valence-corrected chi connectivity index (χ2v) is 10.1. The topological polar surface area (TPSA) is 80.0 Å². The van der Waals surface area contributed by atoms with Crippen LogP contribution in [0.4, 0.5) is 4.79 Å². The Morgan fingerprint density at radius 3 is 2.42 bits per heavy atom. The number of rotatable bonds is 5. The molecule has 1 unspecified atom stereocenters. The minimum absolute atomic E-state index is 0.110. The molecule has 188 valence electrons. The minimum Gasteiger partial charge on any atom is -0.379 e. The Kier molecular flexibility index (Phi) is 6.59. The average molecular weight is 554 g/mol. The average Bonchev–Trinajstić information content (AvgIpc) is 3.25. The molecule has 0 spiro atoms. The Hall–Kier alpha value is -3.21. The summed E-state index contributed by atoms with van der Waals surface area (Å²) in [6, 6.07) is 11.2. The van der Waals surface area contributed by atoms with Gasteiger partial charge in [-0.3, -0.25) is 23.7 Å². The van der Waals surface area contributed by atoms with Gasteiger partial charge in [-0.25, -0.2) is 9.59 Å². The summed E-state index contributed by atoms with van der Waals surface area (Å²) in [4.78, 5) is 43.7. The van der Waals surface area contributed by atoms with Gasteiger partial charge in [-0.05, 0) is 35.9 Å². The van der Waals surface area contributed by atoms with Crippen molar-refractivity contribution in [3.05, 3.63) is 73.7 Å². The summed E-state index contributed by atoms with van der Waals surface area (Å²) in [6.45, 7) is 2.99. The highest BCUT2D eigenvalue weighted by Crippen LogP contribution is 2.31. The number of halogens is 1. The van der Waals surface area contributed by atoms with Crippen molar-refractivity contribution in [3.63, 3.8) is 0 Å². The van der Waals surface area contributed by atoms with E-state index in [1.54, 1.807) is 52.2 Å². The van der Waals surface area contributed by atoms with Gasteiger partial charge in [0.25, 0.3) is 0 Å². The third-order valence-corrected chi connectivity index (χ3v) is 7.51. The van der Waals surface area contributed by atoms with Crippen LogP contribution in [-0.2, 0) is 18.3 Å². The SMILES string of the molecule is CN1C(=O)N(C)C(N2CCOCC2)/C1=C\c1cc(C=O)cc2c1n(Cc1ccc(Br)cc1)c(=O)n2C. The number of hydrogen-bond donors (Lipinski definition) is 0. The first-order valence-corrected chi connectivity index (χ1v) is 12.6. The molecule has 2 aliphatic rings. The molecule has 5 rings (SSSR count). The van der Waals surface area contributed by atoms with Crippen molar-refractivity contribution in [1.29, 1.82) is 0 Å². The maximum atomic E-state index is 13.3. The number of carbonyl (C=O) groups is 2. The van der Waals surface area contributed by atoms with Gasteiger partial charge < -0.3 is 9.64 Å². The number of ether oxygens (including phenoxy) is 1. The van der Waals surface area contributed by atoms with Gasteiger partial charge in [0.1, 0.15) is 12.5 Å². The van der Waals surface area contributed by atoms with Crippen LogP contribution in [-0.4, -0.2) is 82.7 Å². The van der Waals surface area contributed by atoms with Crippen LogP contribution < -0.4 is 5.69 Å². The first kappa shape index (κ1) is 24.5. The highest BCUT2D eigenvalue weighted by atomic mass is 79.9. The highest BCUT2D eigenvalue weighted by molar-refractivity contribution is 9.10. The fraction of sp³-hybridized carbons (Fsp3) is 0.346. The van der Waals surface area contributed by atoms with Crippen LogP contribution in [0.15, 0.2) is 51.4 Å². The summed E-state index contributed by atoms with van der Waals surface area (Å²) in [5, 5.41) is 0. The summed E-state index contributed by atoms with van der Waals surface area (Å²) >= 11 is 3.46.